The molecule has 160 valence electrons. The van der Waals surface area contributed by atoms with Gasteiger partial charge in [0.05, 0.1) is 11.4 Å². The largest absolute Gasteiger partial charge is 0.376 e. The van der Waals surface area contributed by atoms with Crippen molar-refractivity contribution >= 4 is 40.3 Å². The average Bonchev–Trinajstić information content (AvgIpc) is 3.27. The lowest BCUT2D eigenvalue weighted by atomic mass is 10.1. The molecule has 0 amide bonds. The van der Waals surface area contributed by atoms with Crippen molar-refractivity contribution in [3.8, 4) is 0 Å². The maximum absolute atomic E-state index is 5.75. The first-order valence-corrected chi connectivity index (χ1v) is 12.5. The van der Waals surface area contributed by atoms with Crippen molar-refractivity contribution in [2.45, 2.75) is 55.9 Å². The Balaban J connectivity index is 1.63. The van der Waals surface area contributed by atoms with Crippen LogP contribution in [-0.2, 0) is 0 Å². The summed E-state index contributed by atoms with van der Waals surface area (Å²) >= 11 is 7.61. The number of hydrogen-bond donors (Lipinski definition) is 1. The molecule has 1 fully saturated rings. The maximum Gasteiger partial charge on any atom is 0.106 e. The SMILES string of the molecule is CC[C@@H](C)CNC(=S)c1ccc2c(c1)N(C(C)CN1CCCC1)c1ccccc1S2. The molecule has 2 aliphatic heterocycles. The molecule has 2 atom stereocenters. The maximum atomic E-state index is 5.75. The van der Waals surface area contributed by atoms with Crippen molar-refractivity contribution in [3.05, 3.63) is 48.0 Å². The Bertz CT molecular complexity index is 892. The van der Waals surface area contributed by atoms with Crippen LogP contribution in [0.2, 0.25) is 0 Å². The van der Waals surface area contributed by atoms with E-state index in [2.05, 4.69) is 78.4 Å². The number of nitrogens with one attached hydrogen (secondary N) is 1. The number of rotatable bonds is 7. The van der Waals surface area contributed by atoms with Crippen LogP contribution >= 0.6 is 24.0 Å². The van der Waals surface area contributed by atoms with Crippen LogP contribution in [0, 0.1) is 5.92 Å². The summed E-state index contributed by atoms with van der Waals surface area (Å²) in [5.41, 5.74) is 3.72. The van der Waals surface area contributed by atoms with Crippen molar-refractivity contribution in [1.29, 1.82) is 0 Å². The van der Waals surface area contributed by atoms with Gasteiger partial charge in [-0.1, -0.05) is 62.4 Å². The van der Waals surface area contributed by atoms with Crippen LogP contribution in [0.5, 0.6) is 0 Å². The second-order valence-electron chi connectivity index (χ2n) is 8.70. The second-order valence-corrected chi connectivity index (χ2v) is 10.2. The van der Waals surface area contributed by atoms with E-state index < -0.39 is 0 Å². The Morgan fingerprint density at radius 2 is 1.80 bits per heavy atom. The summed E-state index contributed by atoms with van der Waals surface area (Å²) in [6.07, 6.45) is 3.82. The molecule has 0 spiro atoms. The van der Waals surface area contributed by atoms with Gasteiger partial charge in [-0.05, 0) is 63.0 Å². The zero-order valence-electron chi connectivity index (χ0n) is 18.4. The third kappa shape index (κ3) is 4.68. The van der Waals surface area contributed by atoms with E-state index in [1.807, 2.05) is 11.8 Å². The fourth-order valence-corrected chi connectivity index (χ4v) is 5.60. The predicted octanol–water partition coefficient (Wildman–Crippen LogP) is 6.08. The van der Waals surface area contributed by atoms with Gasteiger partial charge in [-0.3, -0.25) is 0 Å². The molecule has 5 heteroatoms. The van der Waals surface area contributed by atoms with Crippen molar-refractivity contribution in [3.63, 3.8) is 0 Å². The molecule has 30 heavy (non-hydrogen) atoms. The number of anilines is 2. The molecule has 2 aliphatic rings. The van der Waals surface area contributed by atoms with E-state index in [9.17, 15) is 0 Å². The molecule has 2 aromatic rings. The third-order valence-electron chi connectivity index (χ3n) is 6.30. The third-order valence-corrected chi connectivity index (χ3v) is 7.81. The normalized spacial score (nSPS) is 17.9. The van der Waals surface area contributed by atoms with Gasteiger partial charge in [0.15, 0.2) is 0 Å². The van der Waals surface area contributed by atoms with Crippen molar-refractivity contribution < 1.29 is 0 Å². The topological polar surface area (TPSA) is 18.5 Å². The zero-order chi connectivity index (χ0) is 21.1. The summed E-state index contributed by atoms with van der Waals surface area (Å²) in [6.45, 7) is 11.3. The molecule has 2 aromatic carbocycles. The molecule has 1 N–H and O–H groups in total. The van der Waals surface area contributed by atoms with E-state index in [-0.39, 0.29) is 0 Å². The molecule has 1 saturated heterocycles. The highest BCUT2D eigenvalue weighted by atomic mass is 32.2. The summed E-state index contributed by atoms with van der Waals surface area (Å²) in [7, 11) is 0. The average molecular weight is 440 g/mol. The fraction of sp³-hybridized carbons (Fsp3) is 0.480. The lowest BCUT2D eigenvalue weighted by molar-refractivity contribution is 0.319. The first kappa shape index (κ1) is 21.7. The number of fused-ring (bicyclic) bond motifs is 2. The van der Waals surface area contributed by atoms with Gasteiger partial charge in [0.25, 0.3) is 0 Å². The minimum Gasteiger partial charge on any atom is -0.376 e. The number of nitrogens with zero attached hydrogens (tertiary/aromatic N) is 2. The van der Waals surface area contributed by atoms with Gasteiger partial charge >= 0.3 is 0 Å². The van der Waals surface area contributed by atoms with Gasteiger partial charge in [-0.2, -0.15) is 0 Å². The lowest BCUT2D eigenvalue weighted by Crippen LogP contribution is -2.40. The number of likely N-dealkylation sites (tertiary alicyclic amines) is 1. The van der Waals surface area contributed by atoms with E-state index in [1.165, 1.54) is 47.1 Å². The molecular formula is C25H33N3S2. The molecule has 0 aromatic heterocycles. The molecule has 4 rings (SSSR count). The number of benzene rings is 2. The van der Waals surface area contributed by atoms with Gasteiger partial charge in [0.2, 0.25) is 0 Å². The minimum absolute atomic E-state index is 0.404. The van der Waals surface area contributed by atoms with Crippen molar-refractivity contribution in [2.75, 3.05) is 31.1 Å². The van der Waals surface area contributed by atoms with E-state index >= 15 is 0 Å². The Labute approximate surface area is 191 Å². The van der Waals surface area contributed by atoms with Crippen LogP contribution in [0.25, 0.3) is 0 Å². The van der Waals surface area contributed by atoms with Crippen LogP contribution in [0.15, 0.2) is 52.3 Å². The summed E-state index contributed by atoms with van der Waals surface area (Å²) in [6, 6.07) is 15.9. The molecule has 0 radical (unpaired) electrons. The summed E-state index contributed by atoms with van der Waals surface area (Å²) in [5.74, 6) is 0.625. The Hall–Kier alpha value is -1.56. The summed E-state index contributed by atoms with van der Waals surface area (Å²) in [5, 5.41) is 3.48. The highest BCUT2D eigenvalue weighted by Gasteiger charge is 2.29. The van der Waals surface area contributed by atoms with Gasteiger partial charge in [-0.25, -0.2) is 0 Å². The number of para-hydroxylation sites is 1. The van der Waals surface area contributed by atoms with Gasteiger partial charge in [-0.15, -0.1) is 0 Å². The standard InChI is InChI=1S/C25H33N3S2/c1-4-18(2)16-26-25(29)20-11-12-24-22(15-20)28(19(3)17-27-13-7-8-14-27)21-9-5-6-10-23(21)30-24/h5-6,9-12,15,18-19H,4,7-8,13-14,16-17H2,1-3H3,(H,26,29)/t18-,19?/m1/s1. The Morgan fingerprint density at radius 3 is 2.57 bits per heavy atom. The van der Waals surface area contributed by atoms with Crippen LogP contribution in [0.1, 0.15) is 45.6 Å². The molecular weight excluding hydrogens is 406 g/mol. The summed E-state index contributed by atoms with van der Waals surface area (Å²) in [4.78, 5) is 8.66. The predicted molar refractivity (Wildman–Crippen MR) is 133 cm³/mol. The van der Waals surface area contributed by atoms with E-state index in [4.69, 9.17) is 12.2 Å². The van der Waals surface area contributed by atoms with Crippen LogP contribution in [0.4, 0.5) is 11.4 Å². The quantitative estimate of drug-likeness (QED) is 0.525. The van der Waals surface area contributed by atoms with E-state index in [0.29, 0.717) is 12.0 Å². The van der Waals surface area contributed by atoms with Crippen molar-refractivity contribution in [2.24, 2.45) is 5.92 Å². The van der Waals surface area contributed by atoms with E-state index in [1.54, 1.807) is 0 Å². The van der Waals surface area contributed by atoms with Gasteiger partial charge in [0.1, 0.15) is 4.99 Å². The molecule has 2 heterocycles. The highest BCUT2D eigenvalue weighted by molar-refractivity contribution is 7.99. The molecule has 1 unspecified atom stereocenters. The first-order chi connectivity index (χ1) is 14.6. The Morgan fingerprint density at radius 1 is 1.07 bits per heavy atom. The van der Waals surface area contributed by atoms with E-state index in [0.717, 1.165) is 30.1 Å². The smallest absolute Gasteiger partial charge is 0.106 e. The molecule has 0 saturated carbocycles. The van der Waals surface area contributed by atoms with Crippen molar-refractivity contribution in [1.82, 2.24) is 10.2 Å². The molecule has 0 aliphatic carbocycles. The van der Waals surface area contributed by atoms with Gasteiger partial charge in [0, 0.05) is 34.5 Å². The highest BCUT2D eigenvalue weighted by Crippen LogP contribution is 2.49. The van der Waals surface area contributed by atoms with Crippen LogP contribution in [0.3, 0.4) is 0 Å². The number of hydrogen-bond acceptors (Lipinski definition) is 4. The van der Waals surface area contributed by atoms with Crippen LogP contribution in [-0.4, -0.2) is 42.1 Å². The first-order valence-electron chi connectivity index (χ1n) is 11.3. The Kier molecular flexibility index (Phi) is 7.01. The second kappa shape index (κ2) is 9.71. The number of thiocarbonyl (C=S) groups is 1. The lowest BCUT2D eigenvalue weighted by Gasteiger charge is -2.39. The fourth-order valence-electron chi connectivity index (χ4n) is 4.33. The van der Waals surface area contributed by atoms with Crippen LogP contribution < -0.4 is 10.2 Å². The zero-order valence-corrected chi connectivity index (χ0v) is 20.0. The monoisotopic (exact) mass is 439 g/mol. The minimum atomic E-state index is 0.404. The molecule has 0 bridgehead atoms. The summed E-state index contributed by atoms with van der Waals surface area (Å²) < 4.78 is 0. The van der Waals surface area contributed by atoms with Gasteiger partial charge < -0.3 is 15.1 Å². The molecule has 3 nitrogen and oxygen atoms in total.